The summed E-state index contributed by atoms with van der Waals surface area (Å²) in [5, 5.41) is 21.6. The van der Waals surface area contributed by atoms with Crippen LogP contribution in [0.1, 0.15) is 57.8 Å². The van der Waals surface area contributed by atoms with Crippen molar-refractivity contribution in [3.8, 4) is 0 Å². The molecule has 14 heteroatoms. The lowest BCUT2D eigenvalue weighted by atomic mass is 9.76. The Hall–Kier alpha value is -2.94. The molecule has 0 amide bonds. The predicted molar refractivity (Wildman–Crippen MR) is 143 cm³/mol. The molecule has 0 radical (unpaired) electrons. The SMILES string of the molecule is O=[N+]([O-])c1ccc(S(=O)(=O)NC2CCC(CC3CCC(NS(=O)(=O)c4ccc([N+](=O)[O-])cc4)CC3)CC2)cc1. The number of nitro groups is 2. The molecule has 2 aromatic rings. The highest BCUT2D eigenvalue weighted by molar-refractivity contribution is 7.89. The Morgan fingerprint density at radius 3 is 1.18 bits per heavy atom. The van der Waals surface area contributed by atoms with Gasteiger partial charge in [0.25, 0.3) is 11.4 Å². The molecule has 4 rings (SSSR count). The first kappa shape index (κ1) is 29.1. The molecule has 0 heterocycles. The molecule has 2 fully saturated rings. The zero-order valence-electron chi connectivity index (χ0n) is 21.3. The first-order valence-corrected chi connectivity index (χ1v) is 15.9. The lowest BCUT2D eigenvalue weighted by Crippen LogP contribution is -2.39. The highest BCUT2D eigenvalue weighted by atomic mass is 32.2. The van der Waals surface area contributed by atoms with E-state index in [0.717, 1.165) is 57.8 Å². The van der Waals surface area contributed by atoms with Crippen LogP contribution in [0.2, 0.25) is 0 Å². The van der Waals surface area contributed by atoms with E-state index in [1.165, 1.54) is 48.5 Å². The maximum absolute atomic E-state index is 12.7. The van der Waals surface area contributed by atoms with Crippen molar-refractivity contribution in [3.63, 3.8) is 0 Å². The van der Waals surface area contributed by atoms with Crippen molar-refractivity contribution in [1.82, 2.24) is 9.44 Å². The predicted octanol–water partition coefficient (Wildman–Crippen LogP) is 4.27. The van der Waals surface area contributed by atoms with Crippen molar-refractivity contribution in [1.29, 1.82) is 0 Å². The normalized spacial score (nSPS) is 24.2. The average molecular weight is 581 g/mol. The van der Waals surface area contributed by atoms with Gasteiger partial charge >= 0.3 is 0 Å². The number of benzene rings is 2. The summed E-state index contributed by atoms with van der Waals surface area (Å²) in [6.45, 7) is 0. The van der Waals surface area contributed by atoms with E-state index in [0.29, 0.717) is 11.8 Å². The third-order valence-corrected chi connectivity index (χ3v) is 10.8. The highest BCUT2D eigenvalue weighted by Gasteiger charge is 2.30. The zero-order valence-corrected chi connectivity index (χ0v) is 22.9. The lowest BCUT2D eigenvalue weighted by molar-refractivity contribution is -0.385. The first-order valence-electron chi connectivity index (χ1n) is 13.0. The Morgan fingerprint density at radius 1 is 0.590 bits per heavy atom. The summed E-state index contributed by atoms with van der Waals surface area (Å²) < 4.78 is 56.2. The van der Waals surface area contributed by atoms with Gasteiger partial charge in [-0.1, -0.05) is 0 Å². The van der Waals surface area contributed by atoms with Crippen LogP contribution in [-0.2, 0) is 20.0 Å². The fourth-order valence-electron chi connectivity index (χ4n) is 5.57. The fourth-order valence-corrected chi connectivity index (χ4v) is 8.18. The summed E-state index contributed by atoms with van der Waals surface area (Å²) in [6, 6.07) is 9.35. The van der Waals surface area contributed by atoms with E-state index in [-0.39, 0.29) is 33.2 Å². The van der Waals surface area contributed by atoms with Gasteiger partial charge in [-0.25, -0.2) is 26.3 Å². The molecule has 0 unspecified atom stereocenters. The van der Waals surface area contributed by atoms with E-state index in [4.69, 9.17) is 0 Å². The van der Waals surface area contributed by atoms with Gasteiger partial charge in [0.05, 0.1) is 19.6 Å². The summed E-state index contributed by atoms with van der Waals surface area (Å²) in [5.41, 5.74) is -0.323. The summed E-state index contributed by atoms with van der Waals surface area (Å²) in [6.07, 6.45) is 7.54. The monoisotopic (exact) mass is 580 g/mol. The average Bonchev–Trinajstić information content (AvgIpc) is 2.90. The van der Waals surface area contributed by atoms with E-state index < -0.39 is 29.9 Å². The maximum Gasteiger partial charge on any atom is 0.269 e. The van der Waals surface area contributed by atoms with Crippen molar-refractivity contribution in [3.05, 3.63) is 68.8 Å². The molecule has 0 saturated heterocycles. The number of nitro benzene ring substituents is 2. The Kier molecular flexibility index (Phi) is 8.99. The van der Waals surface area contributed by atoms with Crippen LogP contribution in [0.4, 0.5) is 11.4 Å². The molecule has 0 spiro atoms. The number of non-ortho nitro benzene ring substituents is 2. The minimum atomic E-state index is -3.75. The van der Waals surface area contributed by atoms with E-state index >= 15 is 0 Å². The van der Waals surface area contributed by atoms with Gasteiger partial charge in [0.1, 0.15) is 0 Å². The minimum Gasteiger partial charge on any atom is -0.258 e. The third kappa shape index (κ3) is 7.59. The van der Waals surface area contributed by atoms with E-state index in [9.17, 15) is 37.1 Å². The third-order valence-electron chi connectivity index (χ3n) is 7.72. The van der Waals surface area contributed by atoms with Gasteiger partial charge in [-0.3, -0.25) is 20.2 Å². The summed E-state index contributed by atoms with van der Waals surface area (Å²) >= 11 is 0. The van der Waals surface area contributed by atoms with Crippen molar-refractivity contribution in [2.45, 2.75) is 79.7 Å². The smallest absolute Gasteiger partial charge is 0.258 e. The first-order chi connectivity index (χ1) is 18.4. The van der Waals surface area contributed by atoms with Gasteiger partial charge in [-0.2, -0.15) is 0 Å². The summed E-state index contributed by atoms with van der Waals surface area (Å²) in [7, 11) is -7.51. The molecule has 12 nitrogen and oxygen atoms in total. The van der Waals surface area contributed by atoms with Gasteiger partial charge in [0, 0.05) is 36.3 Å². The number of nitrogens with one attached hydrogen (secondary N) is 2. The molecule has 2 N–H and O–H groups in total. The Labute approximate surface area is 227 Å². The zero-order chi connectivity index (χ0) is 28.2. The fraction of sp³-hybridized carbons (Fsp3) is 0.520. The topological polar surface area (TPSA) is 179 Å². The standard InChI is InChI=1S/C25H32N4O8S2/c30-28(31)22-9-13-24(14-10-22)38(34,35)26-20-5-1-18(2-6-20)17-19-3-7-21(8-4-19)27-39(36,37)25-15-11-23(12-16-25)29(32)33/h9-16,18-21,26-27H,1-8,17H2. The molecule has 39 heavy (non-hydrogen) atoms. The van der Waals surface area contributed by atoms with Crippen molar-refractivity contribution in [2.24, 2.45) is 11.8 Å². The number of sulfonamides is 2. The van der Waals surface area contributed by atoms with Crippen LogP contribution in [-0.4, -0.2) is 38.8 Å². The summed E-state index contributed by atoms with van der Waals surface area (Å²) in [4.78, 5) is 20.5. The van der Waals surface area contributed by atoms with E-state index in [1.807, 2.05) is 0 Å². The van der Waals surface area contributed by atoms with Crippen LogP contribution in [0.25, 0.3) is 0 Å². The van der Waals surface area contributed by atoms with Gasteiger partial charge in [0.2, 0.25) is 20.0 Å². The number of hydrogen-bond acceptors (Lipinski definition) is 8. The molecular weight excluding hydrogens is 548 g/mol. The summed E-state index contributed by atoms with van der Waals surface area (Å²) in [5.74, 6) is 0.979. The quantitative estimate of drug-likeness (QED) is 0.309. The van der Waals surface area contributed by atoms with Gasteiger partial charge in [-0.15, -0.1) is 0 Å². The Bertz CT molecular complexity index is 1270. The Morgan fingerprint density at radius 2 is 0.897 bits per heavy atom. The van der Waals surface area contributed by atoms with Gasteiger partial charge in [-0.05, 0) is 93.9 Å². The number of nitrogens with zero attached hydrogens (tertiary/aromatic N) is 2. The molecule has 2 aliphatic carbocycles. The van der Waals surface area contributed by atoms with Crippen molar-refractivity contribution < 1.29 is 26.7 Å². The van der Waals surface area contributed by atoms with Crippen LogP contribution >= 0.6 is 0 Å². The molecule has 0 atom stereocenters. The second-order valence-electron chi connectivity index (χ2n) is 10.4. The molecule has 2 aromatic carbocycles. The number of rotatable bonds is 10. The maximum atomic E-state index is 12.7. The van der Waals surface area contributed by atoms with Gasteiger partial charge < -0.3 is 0 Å². The van der Waals surface area contributed by atoms with E-state index in [1.54, 1.807) is 0 Å². The molecule has 0 bridgehead atoms. The van der Waals surface area contributed by atoms with Crippen LogP contribution in [0.5, 0.6) is 0 Å². The lowest BCUT2D eigenvalue weighted by Gasteiger charge is -2.34. The van der Waals surface area contributed by atoms with Crippen LogP contribution in [0.15, 0.2) is 58.3 Å². The molecule has 0 aliphatic heterocycles. The van der Waals surface area contributed by atoms with Crippen LogP contribution < -0.4 is 9.44 Å². The number of hydrogen-bond donors (Lipinski definition) is 2. The molecular formula is C25H32N4O8S2. The second-order valence-corrected chi connectivity index (χ2v) is 13.8. The van der Waals surface area contributed by atoms with E-state index in [2.05, 4.69) is 9.44 Å². The molecule has 0 aromatic heterocycles. The van der Waals surface area contributed by atoms with Crippen molar-refractivity contribution in [2.75, 3.05) is 0 Å². The molecule has 2 aliphatic rings. The minimum absolute atomic E-state index is 0.0104. The molecule has 2 saturated carbocycles. The van der Waals surface area contributed by atoms with Crippen LogP contribution in [0, 0.1) is 32.1 Å². The van der Waals surface area contributed by atoms with Crippen molar-refractivity contribution >= 4 is 31.4 Å². The largest absolute Gasteiger partial charge is 0.269 e. The van der Waals surface area contributed by atoms with Crippen LogP contribution in [0.3, 0.4) is 0 Å². The highest BCUT2D eigenvalue weighted by Crippen LogP contribution is 2.36. The molecule has 212 valence electrons. The van der Waals surface area contributed by atoms with Gasteiger partial charge in [0.15, 0.2) is 0 Å². The second kappa shape index (κ2) is 12.1. The Balaban J connectivity index is 1.20.